The molecule has 2 heterocycles. The summed E-state index contributed by atoms with van der Waals surface area (Å²) in [5, 5.41) is 31.1. The van der Waals surface area contributed by atoms with Gasteiger partial charge in [0.05, 0.1) is 0 Å². The van der Waals surface area contributed by atoms with Gasteiger partial charge in [-0.05, 0) is 6.07 Å². The van der Waals surface area contributed by atoms with E-state index in [4.69, 9.17) is 4.52 Å². The minimum absolute atomic E-state index is 0.0772. The van der Waals surface area contributed by atoms with Crippen molar-refractivity contribution >= 4 is 22.8 Å². The summed E-state index contributed by atoms with van der Waals surface area (Å²) >= 11 is 0. The number of aromatic nitrogens is 4. The molecule has 2 aromatic heterocycles. The number of nitrogens with one attached hydrogen (secondary N) is 1. The molecule has 0 atom stereocenters. The van der Waals surface area contributed by atoms with Gasteiger partial charge in [0.15, 0.2) is 0 Å². The van der Waals surface area contributed by atoms with Crippen molar-refractivity contribution in [3.05, 3.63) is 40.6 Å². The van der Waals surface area contributed by atoms with E-state index in [-0.39, 0.29) is 34.3 Å². The van der Waals surface area contributed by atoms with Crippen LogP contribution >= 0.6 is 0 Å². The van der Waals surface area contributed by atoms with E-state index in [1.165, 1.54) is 19.1 Å². The summed E-state index contributed by atoms with van der Waals surface area (Å²) in [6.07, 6.45) is 0. The molecular weight excluding hydrogens is 290 g/mol. The highest BCUT2D eigenvalue weighted by Crippen LogP contribution is 2.21. The predicted octanol–water partition coefficient (Wildman–Crippen LogP) is 0.423. The molecule has 0 radical (unpaired) electrons. The van der Waals surface area contributed by atoms with Crippen LogP contribution in [0.1, 0.15) is 12.8 Å². The Labute approximate surface area is 124 Å². The van der Waals surface area contributed by atoms with Crippen LogP contribution in [0.15, 0.2) is 28.8 Å². The molecule has 3 rings (SSSR count). The Kier molecular flexibility index (Phi) is 3.09. The number of carbonyl (C=O) groups excluding carboxylic acids is 1. The number of fused-ring (bicyclic) bond motifs is 1. The molecule has 9 heteroatoms. The van der Waals surface area contributed by atoms with Crippen LogP contribution in [0, 0.1) is 17.3 Å². The van der Waals surface area contributed by atoms with Gasteiger partial charge in [0.1, 0.15) is 0 Å². The first-order valence-electron chi connectivity index (χ1n) is 6.35. The number of hydrogen-bond donors (Lipinski definition) is 1. The minimum Gasteiger partial charge on any atom is -0.710 e. The average Bonchev–Trinajstić information content (AvgIpc) is 2.90. The van der Waals surface area contributed by atoms with Gasteiger partial charge in [-0.15, -0.1) is 0 Å². The predicted molar refractivity (Wildman–Crippen MR) is 74.2 cm³/mol. The van der Waals surface area contributed by atoms with Crippen LogP contribution in [0.5, 0.6) is 0 Å². The summed E-state index contributed by atoms with van der Waals surface area (Å²) < 4.78 is 5.81. The van der Waals surface area contributed by atoms with E-state index in [1.807, 2.05) is 0 Å². The Bertz CT molecular complexity index is 890. The lowest BCUT2D eigenvalue weighted by atomic mass is 10.2. The summed E-state index contributed by atoms with van der Waals surface area (Å²) in [6.45, 7) is 2.78. The van der Waals surface area contributed by atoms with Crippen LogP contribution in [0.4, 0.5) is 5.82 Å². The normalized spacial score (nSPS) is 10.8. The van der Waals surface area contributed by atoms with Gasteiger partial charge in [-0.25, -0.2) is 14.8 Å². The lowest BCUT2D eigenvalue weighted by molar-refractivity contribution is -0.610. The Morgan fingerprint density at radius 2 is 1.86 bits per heavy atom. The van der Waals surface area contributed by atoms with Gasteiger partial charge in [-0.3, -0.25) is 0 Å². The first-order chi connectivity index (χ1) is 10.5. The number of rotatable bonds is 2. The van der Waals surface area contributed by atoms with E-state index in [0.717, 1.165) is 0 Å². The maximum Gasteiger partial charge on any atom is 0.364 e. The number of anilines is 1. The smallest absolute Gasteiger partial charge is 0.364 e. The molecule has 1 amide bonds. The molecular formula is C13H11N5O4. The molecule has 0 aliphatic heterocycles. The summed E-state index contributed by atoms with van der Waals surface area (Å²) in [6, 6.07) is 6.21. The number of amides is 1. The van der Waals surface area contributed by atoms with Crippen LogP contribution < -0.4 is 14.8 Å². The molecule has 0 bridgehead atoms. The molecule has 9 nitrogen and oxygen atoms in total. The maximum atomic E-state index is 12.6. The van der Waals surface area contributed by atoms with E-state index in [0.29, 0.717) is 9.46 Å². The Balaban J connectivity index is 2.41. The molecule has 3 aromatic rings. The lowest BCUT2D eigenvalue weighted by Crippen LogP contribution is -2.43. The summed E-state index contributed by atoms with van der Waals surface area (Å²) in [7, 11) is 0. The van der Waals surface area contributed by atoms with Gasteiger partial charge in [-0.2, -0.15) is 9.71 Å². The second kappa shape index (κ2) is 4.95. The first-order valence-corrected chi connectivity index (χ1v) is 6.35. The van der Waals surface area contributed by atoms with Crippen molar-refractivity contribution in [1.29, 1.82) is 0 Å². The summed E-state index contributed by atoms with van der Waals surface area (Å²) in [5.41, 5.74) is 0.0648. The van der Waals surface area contributed by atoms with Gasteiger partial charge in [0.25, 0.3) is 11.3 Å². The van der Waals surface area contributed by atoms with Crippen molar-refractivity contribution < 1.29 is 18.8 Å². The molecule has 112 valence electrons. The quantitative estimate of drug-likeness (QED) is 0.541. The second-order valence-corrected chi connectivity index (χ2v) is 4.59. The third kappa shape index (κ3) is 2.08. The zero-order chi connectivity index (χ0) is 15.9. The summed E-state index contributed by atoms with van der Waals surface area (Å²) in [5.74, 6) is -0.593. The fourth-order valence-corrected chi connectivity index (χ4v) is 2.11. The molecule has 1 N–H and O–H groups in total. The summed E-state index contributed by atoms with van der Waals surface area (Å²) in [4.78, 5) is 15.3. The molecule has 0 aliphatic rings. The Morgan fingerprint density at radius 3 is 2.41 bits per heavy atom. The fourth-order valence-electron chi connectivity index (χ4n) is 2.11. The standard InChI is InChI=1S/C13H11N5O4/c1-7(19)14-13-11(12-15-8(2)22-16-12)17(20)9-5-3-4-6-10(9)18(13)21/h3-6H,1-2H3,(H,14,19). The van der Waals surface area contributed by atoms with Crippen molar-refractivity contribution in [3.63, 3.8) is 0 Å². The molecule has 0 aliphatic carbocycles. The number of aryl methyl sites for hydroxylation is 1. The van der Waals surface area contributed by atoms with Gasteiger partial charge >= 0.3 is 17.4 Å². The highest BCUT2D eigenvalue weighted by molar-refractivity contribution is 5.90. The molecule has 0 fully saturated rings. The second-order valence-electron chi connectivity index (χ2n) is 4.59. The van der Waals surface area contributed by atoms with Crippen LogP contribution in [-0.2, 0) is 4.79 Å². The van der Waals surface area contributed by atoms with Gasteiger partial charge in [0.2, 0.25) is 11.4 Å². The maximum absolute atomic E-state index is 12.6. The molecule has 0 spiro atoms. The Morgan fingerprint density at radius 1 is 1.23 bits per heavy atom. The van der Waals surface area contributed by atoms with Crippen molar-refractivity contribution in [1.82, 2.24) is 10.1 Å². The molecule has 0 unspecified atom stereocenters. The van der Waals surface area contributed by atoms with E-state index >= 15 is 0 Å². The highest BCUT2D eigenvalue weighted by Gasteiger charge is 2.32. The third-order valence-electron chi connectivity index (χ3n) is 2.98. The van der Waals surface area contributed by atoms with Crippen molar-refractivity contribution in [2.45, 2.75) is 13.8 Å². The topological polar surface area (TPSA) is 122 Å². The van der Waals surface area contributed by atoms with E-state index in [2.05, 4.69) is 15.5 Å². The van der Waals surface area contributed by atoms with E-state index < -0.39 is 5.91 Å². The monoisotopic (exact) mass is 301 g/mol. The van der Waals surface area contributed by atoms with Gasteiger partial charge in [-0.1, -0.05) is 17.3 Å². The fraction of sp³-hybridized carbons (Fsp3) is 0.154. The molecule has 1 aromatic carbocycles. The first kappa shape index (κ1) is 13.7. The van der Waals surface area contributed by atoms with Crippen LogP contribution in [0.3, 0.4) is 0 Å². The van der Waals surface area contributed by atoms with E-state index in [9.17, 15) is 15.2 Å². The van der Waals surface area contributed by atoms with Crippen molar-refractivity contribution in [3.8, 4) is 11.5 Å². The largest absolute Gasteiger partial charge is 0.710 e. The Hall–Kier alpha value is -3.23. The lowest BCUT2D eigenvalue weighted by Gasteiger charge is -2.13. The van der Waals surface area contributed by atoms with Crippen LogP contribution in [0.25, 0.3) is 22.6 Å². The number of carbonyl (C=O) groups is 1. The number of hydrogen-bond acceptors (Lipinski definition) is 6. The molecule has 0 saturated heterocycles. The zero-order valence-electron chi connectivity index (χ0n) is 11.7. The SMILES string of the molecule is CC(=O)Nc1c(-c2noc(C)n2)[n+]([O-])c2ccccc2[n+]1[O-]. The number of para-hydroxylation sites is 2. The van der Waals surface area contributed by atoms with Crippen molar-refractivity contribution in [2.75, 3.05) is 5.32 Å². The number of benzene rings is 1. The minimum atomic E-state index is -0.499. The van der Waals surface area contributed by atoms with Gasteiger partial charge in [0, 0.05) is 19.9 Å². The molecule has 0 saturated carbocycles. The van der Waals surface area contributed by atoms with Crippen LogP contribution in [-0.4, -0.2) is 16.0 Å². The third-order valence-corrected chi connectivity index (χ3v) is 2.98. The zero-order valence-corrected chi connectivity index (χ0v) is 11.7. The average molecular weight is 301 g/mol. The van der Waals surface area contributed by atoms with Crippen LogP contribution in [0.2, 0.25) is 0 Å². The van der Waals surface area contributed by atoms with Gasteiger partial charge < -0.3 is 14.9 Å². The van der Waals surface area contributed by atoms with E-state index in [1.54, 1.807) is 19.1 Å². The molecule has 22 heavy (non-hydrogen) atoms. The number of nitrogens with zero attached hydrogens (tertiary/aromatic N) is 4. The van der Waals surface area contributed by atoms with Crippen molar-refractivity contribution in [2.24, 2.45) is 0 Å². The highest BCUT2D eigenvalue weighted by atomic mass is 16.5.